The van der Waals surface area contributed by atoms with Crippen LogP contribution in [0, 0.1) is 5.82 Å². The van der Waals surface area contributed by atoms with E-state index in [1.54, 1.807) is 24.4 Å². The lowest BCUT2D eigenvalue weighted by molar-refractivity contribution is -0.119. The van der Waals surface area contributed by atoms with Crippen LogP contribution >= 0.6 is 22.6 Å². The maximum Gasteiger partial charge on any atom is 0.414 e. The third-order valence-electron chi connectivity index (χ3n) is 5.61. The van der Waals surface area contributed by atoms with E-state index in [0.717, 1.165) is 17.0 Å². The largest absolute Gasteiger partial charge is 0.442 e. The number of amides is 2. The number of anilines is 1. The number of rotatable bonds is 8. The zero-order chi connectivity index (χ0) is 26.4. The van der Waals surface area contributed by atoms with Gasteiger partial charge in [-0.1, -0.05) is 30.0 Å². The molecule has 4 heterocycles. The molecule has 11 nitrogen and oxygen atoms in total. The van der Waals surface area contributed by atoms with Gasteiger partial charge in [-0.25, -0.2) is 14.2 Å². The first-order chi connectivity index (χ1) is 18.0. The molecule has 0 radical (unpaired) electrons. The third-order valence-corrected chi connectivity index (χ3v) is 5.61. The summed E-state index contributed by atoms with van der Waals surface area (Å²) in [5.74, 6) is -0.672. The number of benzene rings is 1. The van der Waals surface area contributed by atoms with Gasteiger partial charge in [-0.05, 0) is 35.3 Å². The van der Waals surface area contributed by atoms with Crippen LogP contribution in [-0.2, 0) is 22.6 Å². The van der Waals surface area contributed by atoms with Crippen molar-refractivity contribution in [2.75, 3.05) is 22.9 Å². The van der Waals surface area contributed by atoms with E-state index in [4.69, 9.17) is 4.74 Å². The Balaban J connectivity index is 0.00000130. The number of aromatic nitrogens is 5. The summed E-state index contributed by atoms with van der Waals surface area (Å²) in [6.45, 7) is 2.93. The maximum absolute atomic E-state index is 15.1. The van der Waals surface area contributed by atoms with Gasteiger partial charge < -0.3 is 19.8 Å². The summed E-state index contributed by atoms with van der Waals surface area (Å²) >= 11 is 2.15. The number of pyridine rings is 1. The highest BCUT2D eigenvalue weighted by Crippen LogP contribution is 2.29. The Morgan fingerprint density at radius 2 is 2.00 bits per heavy atom. The summed E-state index contributed by atoms with van der Waals surface area (Å²) < 4.78 is 22.2. The number of hydrogen-bond donors (Lipinski definition) is 3. The van der Waals surface area contributed by atoms with E-state index in [2.05, 4.69) is 53.6 Å². The topological polar surface area (TPSA) is 130 Å². The molecule has 1 fully saturated rings. The van der Waals surface area contributed by atoms with Gasteiger partial charge in [0.1, 0.15) is 17.6 Å². The van der Waals surface area contributed by atoms with Crippen molar-refractivity contribution in [3.63, 3.8) is 0 Å². The number of nitrogens with zero attached hydrogens (tertiary/aromatic N) is 5. The predicted molar refractivity (Wildman–Crippen MR) is 150 cm³/mol. The Labute approximate surface area is 233 Å². The molecule has 5 rings (SSSR count). The molecule has 1 aliphatic rings. The highest BCUT2D eigenvalue weighted by Gasteiger charge is 2.32. The lowest BCUT2D eigenvalue weighted by Gasteiger charge is -2.14. The van der Waals surface area contributed by atoms with E-state index < -0.39 is 18.0 Å². The average Bonchev–Trinajstić information content (AvgIpc) is 3.63. The molecule has 4 aromatic rings. The Morgan fingerprint density at radius 3 is 2.71 bits per heavy atom. The van der Waals surface area contributed by atoms with Crippen molar-refractivity contribution in [3.05, 3.63) is 66.1 Å². The van der Waals surface area contributed by atoms with Gasteiger partial charge in [-0.3, -0.25) is 9.69 Å². The first kappa shape index (κ1) is 29.0. The summed E-state index contributed by atoms with van der Waals surface area (Å²) in [6, 6.07) is 8.26. The number of ether oxygens (including phenoxy) is 1. The van der Waals surface area contributed by atoms with E-state index in [1.807, 2.05) is 27.8 Å². The van der Waals surface area contributed by atoms with Crippen molar-refractivity contribution < 1.29 is 18.7 Å². The minimum absolute atomic E-state index is 0. The van der Waals surface area contributed by atoms with Gasteiger partial charge in [0.15, 0.2) is 0 Å². The van der Waals surface area contributed by atoms with Crippen molar-refractivity contribution in [1.29, 1.82) is 0 Å². The summed E-state index contributed by atoms with van der Waals surface area (Å²) in [7, 11) is 0. The van der Waals surface area contributed by atoms with E-state index in [1.165, 1.54) is 17.9 Å². The molecule has 3 N–H and O–H groups in total. The molecule has 0 saturated carbocycles. The van der Waals surface area contributed by atoms with Crippen LogP contribution in [0.2, 0.25) is 0 Å². The number of imidazole rings is 1. The van der Waals surface area contributed by atoms with Gasteiger partial charge in [0, 0.05) is 43.5 Å². The first-order valence-corrected chi connectivity index (χ1v) is 13.6. The molecule has 202 valence electrons. The molecule has 13 heteroatoms. The molecule has 2 amide bonds. The molecule has 1 atom stereocenters. The number of hydrogen-bond acceptors (Lipinski definition) is 7. The van der Waals surface area contributed by atoms with Crippen LogP contribution in [-0.4, -0.2) is 60.9 Å². The molecule has 0 aliphatic carbocycles. The molecule has 1 aliphatic heterocycles. The number of carbonyl (C=O) groups excluding carboxylic acids is 2. The number of fused-ring (bicyclic) bond motifs is 1. The normalized spacial score (nSPS) is 14.5. The Hall–Kier alpha value is -3.59. The number of H-pyrrole nitrogens is 1. The quantitative estimate of drug-likeness (QED) is 0.199. The van der Waals surface area contributed by atoms with Crippen LogP contribution < -0.4 is 15.5 Å². The molecule has 38 heavy (non-hydrogen) atoms. The van der Waals surface area contributed by atoms with Gasteiger partial charge in [-0.15, -0.1) is 0 Å². The number of nitrogens with one attached hydrogen (secondary N) is 3. The third kappa shape index (κ3) is 6.83. The summed E-state index contributed by atoms with van der Waals surface area (Å²) in [5, 5.41) is 16.2. The highest BCUT2D eigenvalue weighted by molar-refractivity contribution is 14.1. The Kier molecular flexibility index (Phi) is 10.1. The molecule has 0 unspecified atom stereocenters. The van der Waals surface area contributed by atoms with Crippen molar-refractivity contribution >= 4 is 45.9 Å². The summed E-state index contributed by atoms with van der Waals surface area (Å²) in [5.41, 5.74) is 3.86. The fraction of sp³-hybridized carbons (Fsp3) is 0.320. The number of alkyl halides is 1. The minimum Gasteiger partial charge on any atom is -0.442 e. The van der Waals surface area contributed by atoms with Gasteiger partial charge in [0.2, 0.25) is 5.91 Å². The van der Waals surface area contributed by atoms with Crippen LogP contribution in [0.4, 0.5) is 14.9 Å². The lowest BCUT2D eigenvalue weighted by Crippen LogP contribution is -2.33. The van der Waals surface area contributed by atoms with Crippen molar-refractivity contribution in [1.82, 2.24) is 35.4 Å². The van der Waals surface area contributed by atoms with E-state index in [0.29, 0.717) is 29.9 Å². The minimum atomic E-state index is -0.572. The lowest BCUT2D eigenvalue weighted by atomic mass is 10.1. The first-order valence-electron chi connectivity index (χ1n) is 11.4. The van der Waals surface area contributed by atoms with E-state index >= 15 is 4.39 Å². The summed E-state index contributed by atoms with van der Waals surface area (Å²) in [4.78, 5) is 31.2. The van der Waals surface area contributed by atoms with Crippen LogP contribution in [0.1, 0.15) is 25.7 Å². The zero-order valence-electron chi connectivity index (χ0n) is 20.2. The standard InChI is InChI=1S/C23H23FN8O3.CH3I.CH4/c1-14(33)26-10-19-13-32(23(34)35-19)18-3-4-20(21(24)6-18)15-2-5-22-28-17(12-31(22)11-15)8-25-7-16-9-27-30-29-16;1-2;/h2-6,9,11-12,19,25H,7-8,10,13H2,1H3,(H,26,33)(H,27,29,30);1H3;1H4/t19-;;/m0../s1. The number of cyclic esters (lactones) is 1. The molecule has 1 aromatic carbocycles. The van der Waals surface area contributed by atoms with Gasteiger partial charge in [0.25, 0.3) is 0 Å². The smallest absolute Gasteiger partial charge is 0.414 e. The van der Waals surface area contributed by atoms with Crippen LogP contribution in [0.25, 0.3) is 16.8 Å². The average molecular weight is 636 g/mol. The maximum atomic E-state index is 15.1. The molecule has 1 saturated heterocycles. The van der Waals surface area contributed by atoms with Gasteiger partial charge >= 0.3 is 6.09 Å². The second-order valence-corrected chi connectivity index (χ2v) is 8.20. The number of carbonyl (C=O) groups is 2. The Morgan fingerprint density at radius 1 is 1.21 bits per heavy atom. The van der Waals surface area contributed by atoms with Crippen molar-refractivity contribution in [3.8, 4) is 11.1 Å². The van der Waals surface area contributed by atoms with Crippen LogP contribution in [0.5, 0.6) is 0 Å². The monoisotopic (exact) mass is 636 g/mol. The SMILES string of the molecule is C.CC(=O)NC[C@H]1CN(c2ccc(-c3ccc4nc(CNCc5cn[nH]n5)cn4c3)c(F)c2)C(=O)O1.CI. The highest BCUT2D eigenvalue weighted by atomic mass is 127. The van der Waals surface area contributed by atoms with Crippen LogP contribution in [0.3, 0.4) is 0 Å². The molecule has 0 bridgehead atoms. The fourth-order valence-electron chi connectivity index (χ4n) is 3.92. The summed E-state index contributed by atoms with van der Waals surface area (Å²) in [6.07, 6.45) is 4.29. The number of halogens is 2. The number of aromatic amines is 1. The second-order valence-electron chi connectivity index (χ2n) is 8.20. The zero-order valence-corrected chi connectivity index (χ0v) is 22.4. The molecule has 0 spiro atoms. The van der Waals surface area contributed by atoms with Gasteiger partial charge in [0.05, 0.1) is 36.4 Å². The molecular formula is C25H30FIN8O3. The van der Waals surface area contributed by atoms with Crippen molar-refractivity contribution in [2.24, 2.45) is 0 Å². The van der Waals surface area contributed by atoms with Crippen LogP contribution in [0.15, 0.2) is 48.9 Å². The van der Waals surface area contributed by atoms with E-state index in [9.17, 15) is 9.59 Å². The molecule has 3 aromatic heterocycles. The fourth-order valence-corrected chi connectivity index (χ4v) is 3.92. The second kappa shape index (κ2) is 13.3. The van der Waals surface area contributed by atoms with Gasteiger partial charge in [-0.2, -0.15) is 15.4 Å². The predicted octanol–water partition coefficient (Wildman–Crippen LogP) is 3.70. The molecular weight excluding hydrogens is 606 g/mol. The van der Waals surface area contributed by atoms with Crippen molar-refractivity contribution in [2.45, 2.75) is 33.5 Å². The Bertz CT molecular complexity index is 1380. The van der Waals surface area contributed by atoms with E-state index in [-0.39, 0.29) is 26.4 Å².